The summed E-state index contributed by atoms with van der Waals surface area (Å²) in [6.45, 7) is 10.2. The summed E-state index contributed by atoms with van der Waals surface area (Å²) in [7, 11) is 0. The highest BCUT2D eigenvalue weighted by molar-refractivity contribution is 5.86. The van der Waals surface area contributed by atoms with Crippen LogP contribution in [-0.2, 0) is 11.3 Å². The van der Waals surface area contributed by atoms with Gasteiger partial charge in [-0.1, -0.05) is 19.1 Å². The molecule has 20 heavy (non-hydrogen) atoms. The molecular weight excluding hydrogens is 260 g/mol. The second kappa shape index (κ2) is 6.32. The van der Waals surface area contributed by atoms with E-state index in [0.29, 0.717) is 24.8 Å². The van der Waals surface area contributed by atoms with Crippen LogP contribution < -0.4 is 0 Å². The third-order valence-corrected chi connectivity index (χ3v) is 3.41. The van der Waals surface area contributed by atoms with Crippen molar-refractivity contribution in [2.75, 3.05) is 26.2 Å². The van der Waals surface area contributed by atoms with Crippen LogP contribution >= 0.6 is 0 Å². The fourth-order valence-corrected chi connectivity index (χ4v) is 2.50. The molecule has 1 N–H and O–H groups in total. The van der Waals surface area contributed by atoms with Gasteiger partial charge in [0.1, 0.15) is 0 Å². The average Bonchev–Trinajstić information content (AvgIpc) is 2.71. The minimum Gasteiger partial charge on any atom is -0.476 e. The molecule has 7 nitrogen and oxygen atoms in total. The quantitative estimate of drug-likeness (QED) is 0.853. The minimum absolute atomic E-state index is 0.0137. The first-order valence-electron chi connectivity index (χ1n) is 6.94. The lowest BCUT2D eigenvalue weighted by atomic mass is 10.2. The summed E-state index contributed by atoms with van der Waals surface area (Å²) in [6, 6.07) is 0. The molecule has 0 aromatic carbocycles. The van der Waals surface area contributed by atoms with E-state index in [4.69, 9.17) is 9.84 Å². The fraction of sp³-hybridized carbons (Fsp3) is 0.769. The minimum atomic E-state index is -1.04. The molecule has 1 aliphatic rings. The van der Waals surface area contributed by atoms with Gasteiger partial charge in [-0.25, -0.2) is 9.48 Å². The zero-order valence-corrected chi connectivity index (χ0v) is 12.2. The zero-order valence-electron chi connectivity index (χ0n) is 12.2. The summed E-state index contributed by atoms with van der Waals surface area (Å²) in [5.41, 5.74) is 0.585. The normalized spacial score (nSPS) is 20.5. The summed E-state index contributed by atoms with van der Waals surface area (Å²) in [5.74, 6) is -0.416. The number of carbonyl (C=O) groups is 1. The Bertz CT molecular complexity index is 472. The van der Waals surface area contributed by atoms with E-state index in [9.17, 15) is 4.79 Å². The number of morpholine rings is 1. The van der Waals surface area contributed by atoms with E-state index in [0.717, 1.165) is 19.6 Å². The number of ether oxygens (including phenoxy) is 1. The molecule has 7 heteroatoms. The Labute approximate surface area is 118 Å². The van der Waals surface area contributed by atoms with Crippen LogP contribution in [0.2, 0.25) is 0 Å². The van der Waals surface area contributed by atoms with Crippen LogP contribution in [0.5, 0.6) is 0 Å². The Morgan fingerprint density at radius 3 is 2.90 bits per heavy atom. The van der Waals surface area contributed by atoms with Gasteiger partial charge in [-0.2, -0.15) is 0 Å². The van der Waals surface area contributed by atoms with Gasteiger partial charge >= 0.3 is 5.97 Å². The molecule has 1 aromatic heterocycles. The van der Waals surface area contributed by atoms with E-state index in [-0.39, 0.29) is 11.8 Å². The summed E-state index contributed by atoms with van der Waals surface area (Å²) < 4.78 is 7.36. The number of carboxylic acid groups (broad SMARTS) is 1. The Balaban J connectivity index is 1.97. The highest BCUT2D eigenvalue weighted by Crippen LogP contribution is 2.11. The fourth-order valence-electron chi connectivity index (χ4n) is 2.50. The van der Waals surface area contributed by atoms with E-state index >= 15 is 0 Å². The number of aromatic carboxylic acids is 1. The van der Waals surface area contributed by atoms with Crippen molar-refractivity contribution in [1.82, 2.24) is 19.9 Å². The highest BCUT2D eigenvalue weighted by atomic mass is 16.5. The maximum Gasteiger partial charge on any atom is 0.358 e. The van der Waals surface area contributed by atoms with Crippen molar-refractivity contribution in [1.29, 1.82) is 0 Å². The van der Waals surface area contributed by atoms with Crippen LogP contribution in [0.3, 0.4) is 0 Å². The van der Waals surface area contributed by atoms with Crippen molar-refractivity contribution in [3.8, 4) is 0 Å². The third kappa shape index (κ3) is 3.55. The van der Waals surface area contributed by atoms with Gasteiger partial charge in [0.2, 0.25) is 0 Å². The van der Waals surface area contributed by atoms with Crippen molar-refractivity contribution >= 4 is 5.97 Å². The van der Waals surface area contributed by atoms with Crippen LogP contribution in [-0.4, -0.2) is 63.3 Å². The molecule has 0 saturated carbocycles. The smallest absolute Gasteiger partial charge is 0.358 e. The predicted molar refractivity (Wildman–Crippen MR) is 72.7 cm³/mol. The molecule has 0 bridgehead atoms. The standard InChI is InChI=1S/C13H22N4O3/c1-9(2)6-16-4-5-20-11(7-16)8-17-10(3)12(13(18)19)14-15-17/h9,11H,4-8H2,1-3H3,(H,18,19). The largest absolute Gasteiger partial charge is 0.476 e. The maximum atomic E-state index is 10.9. The van der Waals surface area contributed by atoms with Crippen LogP contribution in [0.4, 0.5) is 0 Å². The average molecular weight is 282 g/mol. The first-order chi connectivity index (χ1) is 9.47. The van der Waals surface area contributed by atoms with Crippen LogP contribution in [0.25, 0.3) is 0 Å². The van der Waals surface area contributed by atoms with Crippen molar-refractivity contribution in [2.45, 2.75) is 33.4 Å². The molecule has 1 atom stereocenters. The summed E-state index contributed by atoms with van der Waals surface area (Å²) in [5, 5.41) is 16.6. The molecule has 1 aromatic rings. The molecule has 0 aliphatic carbocycles. The van der Waals surface area contributed by atoms with Crippen LogP contribution in [0.15, 0.2) is 0 Å². The number of carboxylic acids is 1. The van der Waals surface area contributed by atoms with Gasteiger partial charge in [0.15, 0.2) is 5.69 Å². The molecule has 112 valence electrons. The van der Waals surface area contributed by atoms with Crippen LogP contribution in [0, 0.1) is 12.8 Å². The van der Waals surface area contributed by atoms with Gasteiger partial charge < -0.3 is 9.84 Å². The molecule has 1 unspecified atom stereocenters. The summed E-state index contributed by atoms with van der Waals surface area (Å²) in [4.78, 5) is 13.3. The van der Waals surface area contributed by atoms with Gasteiger partial charge in [-0.15, -0.1) is 5.10 Å². The van der Waals surface area contributed by atoms with Crippen molar-refractivity contribution in [2.24, 2.45) is 5.92 Å². The second-order valence-electron chi connectivity index (χ2n) is 5.66. The number of rotatable bonds is 5. The monoisotopic (exact) mass is 282 g/mol. The molecule has 0 radical (unpaired) electrons. The van der Waals surface area contributed by atoms with Gasteiger partial charge in [0.05, 0.1) is 24.9 Å². The highest BCUT2D eigenvalue weighted by Gasteiger charge is 2.23. The van der Waals surface area contributed by atoms with Crippen LogP contribution in [0.1, 0.15) is 30.0 Å². The number of aromatic nitrogens is 3. The first kappa shape index (κ1) is 14.9. The lowest BCUT2D eigenvalue weighted by Crippen LogP contribution is -2.45. The third-order valence-electron chi connectivity index (χ3n) is 3.41. The first-order valence-corrected chi connectivity index (χ1v) is 6.94. The topological polar surface area (TPSA) is 80.5 Å². The van der Waals surface area contributed by atoms with Gasteiger partial charge in [-0.3, -0.25) is 4.90 Å². The Morgan fingerprint density at radius 2 is 2.30 bits per heavy atom. The lowest BCUT2D eigenvalue weighted by Gasteiger charge is -2.33. The Kier molecular flexibility index (Phi) is 4.72. The van der Waals surface area contributed by atoms with Crippen molar-refractivity contribution < 1.29 is 14.6 Å². The molecule has 1 fully saturated rings. The zero-order chi connectivity index (χ0) is 14.7. The van der Waals surface area contributed by atoms with Crippen molar-refractivity contribution in [3.63, 3.8) is 0 Å². The maximum absolute atomic E-state index is 10.9. The van der Waals surface area contributed by atoms with Gasteiger partial charge in [-0.05, 0) is 12.8 Å². The van der Waals surface area contributed by atoms with Crippen molar-refractivity contribution in [3.05, 3.63) is 11.4 Å². The number of nitrogens with zero attached hydrogens (tertiary/aromatic N) is 4. The lowest BCUT2D eigenvalue weighted by molar-refractivity contribution is -0.0408. The van der Waals surface area contributed by atoms with E-state index in [1.807, 2.05) is 0 Å². The molecule has 1 saturated heterocycles. The van der Waals surface area contributed by atoms with E-state index < -0.39 is 5.97 Å². The SMILES string of the molecule is Cc1c(C(=O)O)nnn1CC1CN(CC(C)C)CCO1. The number of hydrogen-bond acceptors (Lipinski definition) is 5. The second-order valence-corrected chi connectivity index (χ2v) is 5.66. The molecule has 2 rings (SSSR count). The molecule has 2 heterocycles. The van der Waals surface area contributed by atoms with Gasteiger partial charge in [0.25, 0.3) is 0 Å². The van der Waals surface area contributed by atoms with Gasteiger partial charge in [0, 0.05) is 19.6 Å². The van der Waals surface area contributed by atoms with E-state index in [1.54, 1.807) is 11.6 Å². The van der Waals surface area contributed by atoms with E-state index in [1.165, 1.54) is 0 Å². The molecular formula is C13H22N4O3. The molecule has 1 aliphatic heterocycles. The summed E-state index contributed by atoms with van der Waals surface area (Å²) >= 11 is 0. The number of hydrogen-bond donors (Lipinski definition) is 1. The van der Waals surface area contributed by atoms with E-state index in [2.05, 4.69) is 29.1 Å². The Morgan fingerprint density at radius 1 is 1.55 bits per heavy atom. The summed E-state index contributed by atoms with van der Waals surface area (Å²) in [6.07, 6.45) is 0.0320. The molecule has 0 amide bonds. The predicted octanol–water partition coefficient (Wildman–Crippen LogP) is 0.642. The molecule has 0 spiro atoms. The Hall–Kier alpha value is -1.47.